The molecular formula is C21H29N3O3S2. The number of aliphatic hydroxyl groups is 1. The Kier molecular flexibility index (Phi) is 6.04. The van der Waals surface area contributed by atoms with Crippen LogP contribution in [0.4, 0.5) is 0 Å². The van der Waals surface area contributed by atoms with E-state index in [4.69, 9.17) is 0 Å². The molecule has 1 saturated carbocycles. The number of likely N-dealkylation sites (tertiary alicyclic amines) is 1. The van der Waals surface area contributed by atoms with Crippen molar-refractivity contribution >= 4 is 39.2 Å². The van der Waals surface area contributed by atoms with E-state index in [1.54, 1.807) is 11.3 Å². The van der Waals surface area contributed by atoms with Crippen molar-refractivity contribution in [1.29, 1.82) is 0 Å². The summed E-state index contributed by atoms with van der Waals surface area (Å²) in [4.78, 5) is 36.3. The van der Waals surface area contributed by atoms with E-state index in [1.165, 1.54) is 11.8 Å². The predicted molar refractivity (Wildman–Crippen MR) is 119 cm³/mol. The smallest absolute Gasteiger partial charge is 0.259 e. The molecule has 0 bridgehead atoms. The van der Waals surface area contributed by atoms with Gasteiger partial charge in [0.25, 0.3) is 5.56 Å². The molecule has 2 fully saturated rings. The lowest BCUT2D eigenvalue weighted by Gasteiger charge is -2.47. The third-order valence-electron chi connectivity index (χ3n) is 6.28. The second-order valence-corrected chi connectivity index (χ2v) is 10.7. The number of nitrogens with one attached hydrogen (secondary N) is 1. The van der Waals surface area contributed by atoms with Crippen molar-refractivity contribution in [2.75, 3.05) is 18.8 Å². The van der Waals surface area contributed by atoms with E-state index in [0.29, 0.717) is 48.1 Å². The zero-order chi connectivity index (χ0) is 20.6. The molecule has 1 aliphatic heterocycles. The van der Waals surface area contributed by atoms with Gasteiger partial charge in [-0.1, -0.05) is 26.7 Å². The number of nitrogens with zero attached hydrogens (tertiary/aromatic N) is 2. The van der Waals surface area contributed by atoms with E-state index in [1.807, 2.05) is 11.0 Å². The number of hydrogen-bond acceptors (Lipinski definition) is 6. The van der Waals surface area contributed by atoms with Gasteiger partial charge in [0.2, 0.25) is 5.91 Å². The first kappa shape index (κ1) is 20.9. The lowest BCUT2D eigenvalue weighted by Crippen LogP contribution is -2.55. The normalized spacial score (nSPS) is 24.8. The minimum atomic E-state index is -0.559. The Bertz CT molecular complexity index is 954. The quantitative estimate of drug-likeness (QED) is 0.751. The molecule has 1 amide bonds. The molecule has 2 atom stereocenters. The van der Waals surface area contributed by atoms with Crippen LogP contribution in [-0.2, 0) is 10.5 Å². The number of rotatable bonds is 5. The molecular weight excluding hydrogens is 406 g/mol. The van der Waals surface area contributed by atoms with E-state index in [2.05, 4.69) is 23.8 Å². The van der Waals surface area contributed by atoms with Crippen molar-refractivity contribution in [2.45, 2.75) is 63.2 Å². The van der Waals surface area contributed by atoms with Crippen molar-refractivity contribution < 1.29 is 9.90 Å². The number of thiophene rings is 1. The van der Waals surface area contributed by atoms with Crippen LogP contribution in [0.15, 0.2) is 10.9 Å². The molecule has 0 aromatic carbocycles. The lowest BCUT2D eigenvalue weighted by molar-refractivity contribution is -0.140. The zero-order valence-electron chi connectivity index (χ0n) is 17.1. The number of carbonyl (C=O) groups excluding carboxylic acids is 1. The highest BCUT2D eigenvalue weighted by Gasteiger charge is 2.43. The first-order valence-electron chi connectivity index (χ1n) is 10.5. The fraction of sp³-hybridized carbons (Fsp3) is 0.667. The minimum Gasteiger partial charge on any atom is -0.389 e. The molecule has 2 N–H and O–H groups in total. The maximum absolute atomic E-state index is 12.7. The maximum atomic E-state index is 12.7. The molecule has 4 rings (SSSR count). The van der Waals surface area contributed by atoms with Crippen LogP contribution >= 0.6 is 23.1 Å². The van der Waals surface area contributed by atoms with Crippen LogP contribution in [0.1, 0.15) is 62.6 Å². The molecule has 3 heterocycles. The number of piperidine rings is 1. The van der Waals surface area contributed by atoms with Crippen molar-refractivity contribution in [3.05, 3.63) is 27.1 Å². The summed E-state index contributed by atoms with van der Waals surface area (Å²) in [6.45, 7) is 5.52. The van der Waals surface area contributed by atoms with Gasteiger partial charge in [-0.15, -0.1) is 23.1 Å². The van der Waals surface area contributed by atoms with Gasteiger partial charge in [-0.05, 0) is 31.2 Å². The molecule has 6 nitrogen and oxygen atoms in total. The molecule has 158 valence electrons. The molecule has 0 radical (unpaired) electrons. The van der Waals surface area contributed by atoms with Gasteiger partial charge in [0.1, 0.15) is 10.7 Å². The lowest BCUT2D eigenvalue weighted by atomic mass is 9.71. The number of aromatic amines is 1. The SMILES string of the molecule is CC(C)c1cc2c(=O)[nH]c(CSCC(=O)N3CCC4(O)CCCCC4C3)nc2s1. The predicted octanol–water partition coefficient (Wildman–Crippen LogP) is 3.49. The number of carbonyl (C=O) groups is 1. The molecule has 1 aliphatic carbocycles. The largest absolute Gasteiger partial charge is 0.389 e. The Morgan fingerprint density at radius 1 is 1.45 bits per heavy atom. The Hall–Kier alpha value is -1.38. The van der Waals surface area contributed by atoms with Crippen LogP contribution in [0.25, 0.3) is 10.2 Å². The molecule has 2 aromatic heterocycles. The Labute approximate surface area is 179 Å². The molecule has 1 saturated heterocycles. The van der Waals surface area contributed by atoms with Gasteiger partial charge in [0.05, 0.1) is 22.5 Å². The summed E-state index contributed by atoms with van der Waals surface area (Å²) in [6.07, 6.45) is 4.81. The van der Waals surface area contributed by atoms with Crippen molar-refractivity contribution in [3.63, 3.8) is 0 Å². The van der Waals surface area contributed by atoms with Crippen molar-refractivity contribution in [1.82, 2.24) is 14.9 Å². The average molecular weight is 436 g/mol. The van der Waals surface area contributed by atoms with Crippen LogP contribution < -0.4 is 5.56 Å². The van der Waals surface area contributed by atoms with Crippen LogP contribution in [0, 0.1) is 5.92 Å². The Morgan fingerprint density at radius 2 is 2.28 bits per heavy atom. The maximum Gasteiger partial charge on any atom is 0.259 e. The molecule has 8 heteroatoms. The van der Waals surface area contributed by atoms with Gasteiger partial charge in [-0.25, -0.2) is 4.98 Å². The highest BCUT2D eigenvalue weighted by molar-refractivity contribution is 7.99. The monoisotopic (exact) mass is 435 g/mol. The van der Waals surface area contributed by atoms with E-state index in [9.17, 15) is 14.7 Å². The number of H-pyrrole nitrogens is 1. The van der Waals surface area contributed by atoms with Crippen molar-refractivity contribution in [3.8, 4) is 0 Å². The number of amides is 1. The van der Waals surface area contributed by atoms with E-state index in [0.717, 1.165) is 35.4 Å². The molecule has 2 aliphatic rings. The third kappa shape index (κ3) is 4.39. The Morgan fingerprint density at radius 3 is 3.07 bits per heavy atom. The first-order valence-corrected chi connectivity index (χ1v) is 12.4. The molecule has 2 aromatic rings. The van der Waals surface area contributed by atoms with Crippen LogP contribution in [0.2, 0.25) is 0 Å². The fourth-order valence-corrected chi connectivity index (χ4v) is 6.31. The van der Waals surface area contributed by atoms with Crippen molar-refractivity contribution in [2.24, 2.45) is 5.92 Å². The summed E-state index contributed by atoms with van der Waals surface area (Å²) in [7, 11) is 0. The number of fused-ring (bicyclic) bond motifs is 2. The van der Waals surface area contributed by atoms with E-state index in [-0.39, 0.29) is 17.4 Å². The van der Waals surface area contributed by atoms with E-state index < -0.39 is 5.60 Å². The summed E-state index contributed by atoms with van der Waals surface area (Å²) >= 11 is 3.05. The first-order chi connectivity index (χ1) is 13.9. The number of thioether (sulfide) groups is 1. The second-order valence-electron chi connectivity index (χ2n) is 8.66. The van der Waals surface area contributed by atoms with Gasteiger partial charge in [0, 0.05) is 23.9 Å². The van der Waals surface area contributed by atoms with Crippen LogP contribution in [0.3, 0.4) is 0 Å². The molecule has 0 spiro atoms. The van der Waals surface area contributed by atoms with Gasteiger partial charge in [-0.3, -0.25) is 9.59 Å². The fourth-order valence-electron chi connectivity index (χ4n) is 4.47. The number of hydrogen-bond donors (Lipinski definition) is 2. The van der Waals surface area contributed by atoms with Gasteiger partial charge >= 0.3 is 0 Å². The second kappa shape index (κ2) is 8.40. The summed E-state index contributed by atoms with van der Waals surface area (Å²) in [5.74, 6) is 2.20. The van der Waals surface area contributed by atoms with Gasteiger partial charge in [-0.2, -0.15) is 0 Å². The summed E-state index contributed by atoms with van der Waals surface area (Å²) in [6, 6.07) is 1.93. The van der Waals surface area contributed by atoms with Gasteiger partial charge < -0.3 is 15.0 Å². The summed E-state index contributed by atoms with van der Waals surface area (Å²) < 4.78 is 0. The van der Waals surface area contributed by atoms with E-state index >= 15 is 0 Å². The zero-order valence-corrected chi connectivity index (χ0v) is 18.7. The summed E-state index contributed by atoms with van der Waals surface area (Å²) in [5.41, 5.74) is -0.663. The standard InChI is InChI=1S/C21H29N3O3S2/c1-13(2)16-9-15-19(26)22-17(23-20(15)29-16)11-28-12-18(25)24-8-7-21(27)6-4-3-5-14(21)10-24/h9,13-14,27H,3-8,10-12H2,1-2H3,(H,22,23,26). The minimum absolute atomic E-state index is 0.104. The number of aromatic nitrogens is 2. The highest BCUT2D eigenvalue weighted by Crippen LogP contribution is 2.39. The summed E-state index contributed by atoms with van der Waals surface area (Å²) in [5, 5.41) is 11.4. The topological polar surface area (TPSA) is 86.3 Å². The van der Waals surface area contributed by atoms with Gasteiger partial charge in [0.15, 0.2) is 0 Å². The van der Waals surface area contributed by atoms with Crippen LogP contribution in [0.5, 0.6) is 0 Å². The third-order valence-corrected chi connectivity index (χ3v) is 8.54. The Balaban J connectivity index is 1.34. The molecule has 29 heavy (non-hydrogen) atoms. The van der Waals surface area contributed by atoms with Crippen LogP contribution in [-0.4, -0.2) is 50.3 Å². The highest BCUT2D eigenvalue weighted by atomic mass is 32.2. The average Bonchev–Trinajstić information content (AvgIpc) is 3.12. The molecule has 2 unspecified atom stereocenters.